The molecular formula is C10H10N4O. The van der Waals surface area contributed by atoms with E-state index in [1.54, 1.807) is 6.08 Å². The third kappa shape index (κ3) is 1.80. The second-order valence-electron chi connectivity index (χ2n) is 3.01. The van der Waals surface area contributed by atoms with Crippen LogP contribution in [0.15, 0.2) is 40.6 Å². The zero-order chi connectivity index (χ0) is 10.7. The molecule has 0 aromatic heterocycles. The van der Waals surface area contributed by atoms with E-state index in [9.17, 15) is 0 Å². The monoisotopic (exact) mass is 202 g/mol. The van der Waals surface area contributed by atoms with Crippen molar-refractivity contribution in [2.24, 2.45) is 16.0 Å². The molecule has 76 valence electrons. The van der Waals surface area contributed by atoms with Crippen molar-refractivity contribution in [2.45, 2.75) is 0 Å². The minimum atomic E-state index is -0.0217. The number of fused-ring (bicyclic) bond motifs is 1. The molecule has 0 spiro atoms. The molecule has 1 aliphatic rings. The van der Waals surface area contributed by atoms with Gasteiger partial charge in [-0.25, -0.2) is 0 Å². The van der Waals surface area contributed by atoms with Gasteiger partial charge in [-0.2, -0.15) is 5.10 Å². The number of nitrogens with two attached hydrogens (primary N) is 1. The van der Waals surface area contributed by atoms with Crippen LogP contribution >= 0.6 is 0 Å². The van der Waals surface area contributed by atoms with Gasteiger partial charge in [0, 0.05) is 0 Å². The minimum Gasteiger partial charge on any atom is -0.409 e. The van der Waals surface area contributed by atoms with Crippen molar-refractivity contribution in [2.75, 3.05) is 5.43 Å². The Labute approximate surface area is 86.6 Å². The van der Waals surface area contributed by atoms with E-state index >= 15 is 0 Å². The number of hydrogen-bond acceptors (Lipinski definition) is 4. The van der Waals surface area contributed by atoms with E-state index in [4.69, 9.17) is 10.9 Å². The van der Waals surface area contributed by atoms with Gasteiger partial charge in [-0.3, -0.25) is 5.43 Å². The molecule has 0 amide bonds. The lowest BCUT2D eigenvalue weighted by Crippen LogP contribution is -2.22. The molecule has 0 unspecified atom stereocenters. The fraction of sp³-hybridized carbons (Fsp3) is 0. The van der Waals surface area contributed by atoms with E-state index < -0.39 is 0 Å². The number of nitrogens with zero attached hydrogens (tertiary/aromatic N) is 2. The summed E-state index contributed by atoms with van der Waals surface area (Å²) in [6, 6.07) is 7.69. The van der Waals surface area contributed by atoms with Gasteiger partial charge in [0.05, 0.1) is 5.69 Å². The van der Waals surface area contributed by atoms with Gasteiger partial charge < -0.3 is 10.9 Å². The highest BCUT2D eigenvalue weighted by atomic mass is 16.4. The summed E-state index contributed by atoms with van der Waals surface area (Å²) in [6.07, 6.45) is 3.54. The number of anilines is 1. The van der Waals surface area contributed by atoms with E-state index in [0.717, 1.165) is 11.3 Å². The van der Waals surface area contributed by atoms with Crippen LogP contribution in [0.3, 0.4) is 0 Å². The van der Waals surface area contributed by atoms with Crippen molar-refractivity contribution in [3.05, 3.63) is 35.9 Å². The Morgan fingerprint density at radius 2 is 2.13 bits per heavy atom. The minimum absolute atomic E-state index is 0.0217. The number of hydrogen-bond donors (Lipinski definition) is 3. The summed E-state index contributed by atoms with van der Waals surface area (Å²) in [5, 5.41) is 15.4. The van der Waals surface area contributed by atoms with Gasteiger partial charge >= 0.3 is 0 Å². The topological polar surface area (TPSA) is 83.0 Å². The van der Waals surface area contributed by atoms with Gasteiger partial charge in [0.15, 0.2) is 5.84 Å². The predicted octanol–water partition coefficient (Wildman–Crippen LogP) is 1.23. The number of oxime groups is 1. The first kappa shape index (κ1) is 9.26. The lowest BCUT2D eigenvalue weighted by Gasteiger charge is -2.01. The lowest BCUT2D eigenvalue weighted by atomic mass is 10.1. The molecule has 1 heterocycles. The highest BCUT2D eigenvalue weighted by Crippen LogP contribution is 2.18. The lowest BCUT2D eigenvalue weighted by molar-refractivity contribution is 0.319. The Balaban J connectivity index is 2.38. The Kier molecular flexibility index (Phi) is 2.37. The highest BCUT2D eigenvalue weighted by molar-refractivity contribution is 6.45. The molecule has 0 saturated carbocycles. The highest BCUT2D eigenvalue weighted by Gasteiger charge is 2.06. The van der Waals surface area contributed by atoms with Crippen molar-refractivity contribution >= 4 is 23.3 Å². The average molecular weight is 202 g/mol. The first-order valence-electron chi connectivity index (χ1n) is 4.40. The van der Waals surface area contributed by atoms with Crippen molar-refractivity contribution in [1.29, 1.82) is 0 Å². The van der Waals surface area contributed by atoms with Crippen LogP contribution in [-0.4, -0.2) is 16.8 Å². The zero-order valence-electron chi connectivity index (χ0n) is 7.88. The standard InChI is InChI=1S/C10H10N4O/c11-10(14-15)9-6-5-7-3-1-2-4-8(7)12-13-9/h1-6,12,15H,(H2,11,14). The van der Waals surface area contributed by atoms with Crippen LogP contribution in [0.1, 0.15) is 5.56 Å². The van der Waals surface area contributed by atoms with Crippen molar-refractivity contribution in [1.82, 2.24) is 0 Å². The van der Waals surface area contributed by atoms with Crippen molar-refractivity contribution in [3.8, 4) is 0 Å². The molecule has 5 heteroatoms. The number of para-hydroxylation sites is 1. The van der Waals surface area contributed by atoms with Gasteiger partial charge in [-0.05, 0) is 17.7 Å². The first-order chi connectivity index (χ1) is 7.31. The van der Waals surface area contributed by atoms with Crippen LogP contribution in [0.25, 0.3) is 6.08 Å². The largest absolute Gasteiger partial charge is 0.409 e. The molecule has 0 radical (unpaired) electrons. The van der Waals surface area contributed by atoms with Crippen LogP contribution in [0.2, 0.25) is 0 Å². The molecule has 0 atom stereocenters. The van der Waals surface area contributed by atoms with Crippen LogP contribution in [-0.2, 0) is 0 Å². The zero-order valence-corrected chi connectivity index (χ0v) is 7.88. The summed E-state index contributed by atoms with van der Waals surface area (Å²) in [5.41, 5.74) is 10.6. The fourth-order valence-corrected chi connectivity index (χ4v) is 1.26. The van der Waals surface area contributed by atoms with Crippen molar-refractivity contribution < 1.29 is 5.21 Å². The predicted molar refractivity (Wildman–Crippen MR) is 59.9 cm³/mol. The first-order valence-corrected chi connectivity index (χ1v) is 4.40. The van der Waals surface area contributed by atoms with Crippen LogP contribution in [0.5, 0.6) is 0 Å². The maximum atomic E-state index is 8.52. The molecule has 1 aromatic carbocycles. The third-order valence-corrected chi connectivity index (χ3v) is 2.05. The molecule has 1 aromatic rings. The fourth-order valence-electron chi connectivity index (χ4n) is 1.26. The summed E-state index contributed by atoms with van der Waals surface area (Å²) >= 11 is 0. The quantitative estimate of drug-likeness (QED) is 0.277. The molecule has 4 N–H and O–H groups in total. The maximum Gasteiger partial charge on any atom is 0.190 e. The maximum absolute atomic E-state index is 8.52. The summed E-state index contributed by atoms with van der Waals surface area (Å²) in [6.45, 7) is 0. The van der Waals surface area contributed by atoms with Crippen LogP contribution in [0.4, 0.5) is 5.69 Å². The van der Waals surface area contributed by atoms with Gasteiger partial charge in [-0.15, -0.1) is 0 Å². The molecule has 0 saturated heterocycles. The normalized spacial score (nSPS) is 14.9. The second kappa shape index (κ2) is 3.83. The Hall–Kier alpha value is -2.30. The van der Waals surface area contributed by atoms with E-state index in [1.165, 1.54) is 0 Å². The van der Waals surface area contributed by atoms with E-state index in [0.29, 0.717) is 5.71 Å². The smallest absolute Gasteiger partial charge is 0.190 e. The van der Waals surface area contributed by atoms with Crippen molar-refractivity contribution in [3.63, 3.8) is 0 Å². The summed E-state index contributed by atoms with van der Waals surface area (Å²) in [4.78, 5) is 0. The van der Waals surface area contributed by atoms with Gasteiger partial charge in [0.2, 0.25) is 0 Å². The number of nitrogens with one attached hydrogen (secondary N) is 1. The molecular weight excluding hydrogens is 192 g/mol. The van der Waals surface area contributed by atoms with E-state index in [1.807, 2.05) is 30.3 Å². The number of rotatable bonds is 1. The second-order valence-corrected chi connectivity index (χ2v) is 3.01. The van der Waals surface area contributed by atoms with Gasteiger partial charge in [0.25, 0.3) is 0 Å². The SMILES string of the molecule is NC(=NO)C1=NNc2ccccc2C=C1. The molecule has 2 rings (SSSR count). The molecule has 1 aliphatic heterocycles. The molecule has 0 fully saturated rings. The van der Waals surface area contributed by atoms with E-state index in [-0.39, 0.29) is 5.84 Å². The summed E-state index contributed by atoms with van der Waals surface area (Å²) in [7, 11) is 0. The number of amidine groups is 1. The number of hydrazone groups is 1. The molecule has 0 bridgehead atoms. The van der Waals surface area contributed by atoms with Gasteiger partial charge in [-0.1, -0.05) is 29.4 Å². The summed E-state index contributed by atoms with van der Waals surface area (Å²) in [5.74, 6) is -0.0217. The third-order valence-electron chi connectivity index (χ3n) is 2.05. The molecule has 5 nitrogen and oxygen atoms in total. The Bertz CT molecular complexity index is 462. The number of benzene rings is 1. The Morgan fingerprint density at radius 3 is 2.93 bits per heavy atom. The summed E-state index contributed by atoms with van der Waals surface area (Å²) < 4.78 is 0. The van der Waals surface area contributed by atoms with Crippen LogP contribution < -0.4 is 11.2 Å². The molecule has 15 heavy (non-hydrogen) atoms. The van der Waals surface area contributed by atoms with Crippen LogP contribution in [0, 0.1) is 0 Å². The van der Waals surface area contributed by atoms with Gasteiger partial charge in [0.1, 0.15) is 5.71 Å². The average Bonchev–Trinajstić information content (AvgIpc) is 2.50. The Morgan fingerprint density at radius 1 is 1.33 bits per heavy atom. The molecule has 0 aliphatic carbocycles. The van der Waals surface area contributed by atoms with E-state index in [2.05, 4.69) is 15.7 Å².